The molecule has 0 aliphatic carbocycles. The lowest BCUT2D eigenvalue weighted by Crippen LogP contribution is -2.09. The number of carbonyl (C=O) groups excluding carboxylic acids is 1. The Hall–Kier alpha value is -2.24. The predicted octanol–water partition coefficient (Wildman–Crippen LogP) is 1.90. The maximum atomic E-state index is 11.3. The third-order valence-electron chi connectivity index (χ3n) is 2.74. The molecule has 0 aliphatic rings. The van der Waals surface area contributed by atoms with E-state index in [0.717, 1.165) is 0 Å². The van der Waals surface area contributed by atoms with E-state index in [4.69, 9.17) is 14.2 Å². The molecule has 0 aromatic heterocycles. The van der Waals surface area contributed by atoms with Gasteiger partial charge < -0.3 is 19.3 Å². The molecular weight excluding hydrogens is 264 g/mol. The van der Waals surface area contributed by atoms with Crippen LogP contribution in [0.3, 0.4) is 0 Å². The van der Waals surface area contributed by atoms with E-state index in [9.17, 15) is 14.7 Å². The van der Waals surface area contributed by atoms with Crippen LogP contribution in [0.15, 0.2) is 12.1 Å². The van der Waals surface area contributed by atoms with Gasteiger partial charge in [-0.3, -0.25) is 4.79 Å². The van der Waals surface area contributed by atoms with Gasteiger partial charge >= 0.3 is 11.9 Å². The topological polar surface area (TPSA) is 82.1 Å². The number of carboxylic acids is 1. The molecule has 0 aliphatic heterocycles. The van der Waals surface area contributed by atoms with E-state index in [1.54, 1.807) is 13.0 Å². The van der Waals surface area contributed by atoms with Crippen LogP contribution >= 0.6 is 0 Å². The second kappa shape index (κ2) is 7.37. The fourth-order valence-electron chi connectivity index (χ4n) is 1.80. The smallest absolute Gasteiger partial charge is 0.336 e. The van der Waals surface area contributed by atoms with E-state index in [1.807, 2.05) is 0 Å². The lowest BCUT2D eigenvalue weighted by Gasteiger charge is -2.12. The number of esters is 1. The summed E-state index contributed by atoms with van der Waals surface area (Å²) in [5, 5.41) is 9.21. The third-order valence-corrected chi connectivity index (χ3v) is 2.74. The summed E-state index contributed by atoms with van der Waals surface area (Å²) in [5.74, 6) is -0.676. The first-order valence-corrected chi connectivity index (χ1v) is 6.17. The van der Waals surface area contributed by atoms with Crippen molar-refractivity contribution in [2.45, 2.75) is 19.8 Å². The van der Waals surface area contributed by atoms with Gasteiger partial charge in [-0.1, -0.05) is 0 Å². The maximum Gasteiger partial charge on any atom is 0.336 e. The second-order valence-electron chi connectivity index (χ2n) is 3.97. The Morgan fingerprint density at radius 2 is 1.75 bits per heavy atom. The molecule has 0 radical (unpaired) electrons. The van der Waals surface area contributed by atoms with Crippen molar-refractivity contribution in [1.29, 1.82) is 0 Å². The summed E-state index contributed by atoms with van der Waals surface area (Å²) >= 11 is 0. The number of carbonyl (C=O) groups is 2. The van der Waals surface area contributed by atoms with Gasteiger partial charge in [0.1, 0.15) is 0 Å². The first-order valence-electron chi connectivity index (χ1n) is 6.17. The van der Waals surface area contributed by atoms with Crippen LogP contribution in [-0.2, 0) is 16.0 Å². The maximum absolute atomic E-state index is 11.3. The molecule has 0 heterocycles. The van der Waals surface area contributed by atoms with Gasteiger partial charge in [0.05, 0.1) is 26.4 Å². The van der Waals surface area contributed by atoms with Crippen LogP contribution in [0.25, 0.3) is 0 Å². The van der Waals surface area contributed by atoms with Crippen LogP contribution in [0.2, 0.25) is 0 Å². The summed E-state index contributed by atoms with van der Waals surface area (Å²) in [4.78, 5) is 22.6. The van der Waals surface area contributed by atoms with Crippen molar-refractivity contribution in [3.8, 4) is 11.5 Å². The average molecular weight is 282 g/mol. The fourth-order valence-corrected chi connectivity index (χ4v) is 1.80. The minimum absolute atomic E-state index is 0.0898. The zero-order valence-electron chi connectivity index (χ0n) is 11.8. The first kappa shape index (κ1) is 15.8. The highest BCUT2D eigenvalue weighted by Crippen LogP contribution is 2.31. The summed E-state index contributed by atoms with van der Waals surface area (Å²) in [7, 11) is 2.90. The predicted molar refractivity (Wildman–Crippen MR) is 71.5 cm³/mol. The van der Waals surface area contributed by atoms with E-state index >= 15 is 0 Å². The largest absolute Gasteiger partial charge is 0.493 e. The van der Waals surface area contributed by atoms with E-state index in [0.29, 0.717) is 23.7 Å². The lowest BCUT2D eigenvalue weighted by atomic mass is 10.0. The summed E-state index contributed by atoms with van der Waals surface area (Å²) in [6.07, 6.45) is 0.379. The highest BCUT2D eigenvalue weighted by Gasteiger charge is 2.17. The molecule has 1 aromatic carbocycles. The van der Waals surface area contributed by atoms with E-state index in [2.05, 4.69) is 0 Å². The Balaban J connectivity index is 3.03. The highest BCUT2D eigenvalue weighted by atomic mass is 16.5. The summed E-state index contributed by atoms with van der Waals surface area (Å²) in [5.41, 5.74) is 0.593. The number of hydrogen-bond donors (Lipinski definition) is 1. The standard InChI is InChI=1S/C14H18O6/c1-4-20-13(15)6-5-9-7-11(18-2)12(19-3)8-10(9)14(16)17/h7-8H,4-6H2,1-3H3,(H,16,17). The van der Waals surface area contributed by atoms with Gasteiger partial charge in [-0.15, -0.1) is 0 Å². The van der Waals surface area contributed by atoms with Crippen LogP contribution in [0.4, 0.5) is 0 Å². The minimum atomic E-state index is -1.08. The van der Waals surface area contributed by atoms with Gasteiger partial charge in [0.2, 0.25) is 0 Å². The van der Waals surface area contributed by atoms with Crippen LogP contribution < -0.4 is 9.47 Å². The zero-order valence-corrected chi connectivity index (χ0v) is 11.8. The van der Waals surface area contributed by atoms with Crippen molar-refractivity contribution in [2.75, 3.05) is 20.8 Å². The van der Waals surface area contributed by atoms with Gasteiger partial charge in [-0.05, 0) is 31.0 Å². The molecule has 1 aromatic rings. The van der Waals surface area contributed by atoms with Crippen molar-refractivity contribution in [3.05, 3.63) is 23.3 Å². The second-order valence-corrected chi connectivity index (χ2v) is 3.97. The number of methoxy groups -OCH3 is 2. The molecule has 6 nitrogen and oxygen atoms in total. The summed E-state index contributed by atoms with van der Waals surface area (Å²) < 4.78 is 15.0. The quantitative estimate of drug-likeness (QED) is 0.769. The van der Waals surface area contributed by atoms with Crippen molar-refractivity contribution in [2.24, 2.45) is 0 Å². The van der Waals surface area contributed by atoms with Crippen molar-refractivity contribution in [1.82, 2.24) is 0 Å². The molecule has 0 fully saturated rings. The number of carboxylic acid groups (broad SMARTS) is 1. The Bertz CT molecular complexity index is 495. The summed E-state index contributed by atoms with van der Waals surface area (Å²) in [6, 6.07) is 2.96. The average Bonchev–Trinajstić information content (AvgIpc) is 2.44. The molecule has 0 spiro atoms. The number of benzene rings is 1. The summed E-state index contributed by atoms with van der Waals surface area (Å²) in [6.45, 7) is 2.02. The minimum Gasteiger partial charge on any atom is -0.493 e. The molecule has 0 atom stereocenters. The van der Waals surface area contributed by atoms with E-state index in [1.165, 1.54) is 20.3 Å². The van der Waals surface area contributed by atoms with Gasteiger partial charge in [-0.2, -0.15) is 0 Å². The van der Waals surface area contributed by atoms with Crippen molar-refractivity contribution in [3.63, 3.8) is 0 Å². The Morgan fingerprint density at radius 3 is 2.25 bits per heavy atom. The molecular formula is C14H18O6. The van der Waals surface area contributed by atoms with Crippen molar-refractivity contribution < 1.29 is 28.9 Å². The molecule has 0 bridgehead atoms. The third kappa shape index (κ3) is 3.88. The molecule has 20 heavy (non-hydrogen) atoms. The number of rotatable bonds is 7. The van der Waals surface area contributed by atoms with Crippen molar-refractivity contribution >= 4 is 11.9 Å². The van der Waals surface area contributed by atoms with E-state index in [-0.39, 0.29) is 24.4 Å². The monoisotopic (exact) mass is 282 g/mol. The Kier molecular flexibility index (Phi) is 5.83. The van der Waals surface area contributed by atoms with Gasteiger partial charge in [0, 0.05) is 6.42 Å². The normalized spacial score (nSPS) is 9.95. The fraction of sp³-hybridized carbons (Fsp3) is 0.429. The number of hydrogen-bond acceptors (Lipinski definition) is 5. The lowest BCUT2D eigenvalue weighted by molar-refractivity contribution is -0.143. The molecule has 0 saturated heterocycles. The first-order chi connectivity index (χ1) is 9.53. The van der Waals surface area contributed by atoms with Crippen LogP contribution in [-0.4, -0.2) is 37.9 Å². The SMILES string of the molecule is CCOC(=O)CCc1cc(OC)c(OC)cc1C(=O)O. The van der Waals surface area contributed by atoms with Gasteiger partial charge in [0.25, 0.3) is 0 Å². The highest BCUT2D eigenvalue weighted by molar-refractivity contribution is 5.90. The Morgan fingerprint density at radius 1 is 1.15 bits per heavy atom. The molecule has 1 N–H and O–H groups in total. The number of aryl methyl sites for hydroxylation is 1. The molecule has 0 saturated carbocycles. The van der Waals surface area contributed by atoms with Gasteiger partial charge in [0.15, 0.2) is 11.5 Å². The molecule has 0 unspecified atom stereocenters. The molecule has 110 valence electrons. The van der Waals surface area contributed by atoms with E-state index < -0.39 is 5.97 Å². The van der Waals surface area contributed by atoms with Gasteiger partial charge in [-0.25, -0.2) is 4.79 Å². The van der Waals surface area contributed by atoms with Crippen LogP contribution in [0.5, 0.6) is 11.5 Å². The molecule has 0 amide bonds. The van der Waals surface area contributed by atoms with Crippen LogP contribution in [0.1, 0.15) is 29.3 Å². The van der Waals surface area contributed by atoms with Crippen LogP contribution in [0, 0.1) is 0 Å². The Labute approximate surface area is 117 Å². The number of aromatic carboxylic acids is 1. The number of ether oxygens (including phenoxy) is 3. The zero-order chi connectivity index (χ0) is 15.1. The molecule has 6 heteroatoms. The molecule has 1 rings (SSSR count).